The maximum Gasteiger partial charge on any atom is 0.337 e. The number of primary amides is 1. The Morgan fingerprint density at radius 1 is 1.37 bits per heavy atom. The van der Waals surface area contributed by atoms with Crippen LogP contribution < -0.4 is 11.5 Å². The molecule has 0 spiro atoms. The van der Waals surface area contributed by atoms with Crippen LogP contribution in [0.4, 0.5) is 0 Å². The predicted octanol–water partition coefficient (Wildman–Crippen LogP) is 1.03. The smallest absolute Gasteiger partial charge is 0.337 e. The van der Waals surface area contributed by atoms with E-state index >= 15 is 0 Å². The Balaban J connectivity index is 0.00000324. The molecular weight excluding hydrogens is 268 g/mol. The van der Waals surface area contributed by atoms with E-state index in [9.17, 15) is 9.59 Å². The van der Waals surface area contributed by atoms with Crippen molar-refractivity contribution in [2.45, 2.75) is 25.3 Å². The molecule has 1 aromatic rings. The van der Waals surface area contributed by atoms with E-state index in [1.807, 2.05) is 6.07 Å². The van der Waals surface area contributed by atoms with Gasteiger partial charge in [-0.1, -0.05) is 12.1 Å². The molecule has 0 unspecified atom stereocenters. The highest BCUT2D eigenvalue weighted by Gasteiger charge is 2.09. The molecule has 0 aliphatic heterocycles. The molecule has 6 heteroatoms. The Labute approximate surface area is 118 Å². The van der Waals surface area contributed by atoms with Crippen LogP contribution >= 0.6 is 12.4 Å². The Hall–Kier alpha value is -1.59. The third-order valence-corrected chi connectivity index (χ3v) is 2.69. The number of ether oxygens (including phenoxy) is 1. The van der Waals surface area contributed by atoms with Crippen molar-refractivity contribution >= 4 is 24.3 Å². The number of carbonyl (C=O) groups is 2. The van der Waals surface area contributed by atoms with Crippen LogP contribution in [0, 0.1) is 0 Å². The molecule has 1 atom stereocenters. The molecule has 1 aromatic carbocycles. The summed E-state index contributed by atoms with van der Waals surface area (Å²) in [5, 5.41) is 0. The molecule has 5 nitrogen and oxygen atoms in total. The quantitative estimate of drug-likeness (QED) is 0.764. The van der Waals surface area contributed by atoms with Crippen molar-refractivity contribution in [3.63, 3.8) is 0 Å². The summed E-state index contributed by atoms with van der Waals surface area (Å²) in [6.45, 7) is 0. The van der Waals surface area contributed by atoms with Gasteiger partial charge in [0.15, 0.2) is 0 Å². The van der Waals surface area contributed by atoms with Crippen molar-refractivity contribution in [1.82, 2.24) is 0 Å². The van der Waals surface area contributed by atoms with Gasteiger partial charge in [0.2, 0.25) is 5.91 Å². The fourth-order valence-electron chi connectivity index (χ4n) is 1.64. The van der Waals surface area contributed by atoms with Gasteiger partial charge in [-0.25, -0.2) is 4.79 Å². The first kappa shape index (κ1) is 17.4. The molecule has 0 aliphatic rings. The summed E-state index contributed by atoms with van der Waals surface area (Å²) in [7, 11) is 1.35. The van der Waals surface area contributed by atoms with Crippen LogP contribution in [0.3, 0.4) is 0 Å². The lowest BCUT2D eigenvalue weighted by Gasteiger charge is -2.07. The summed E-state index contributed by atoms with van der Waals surface area (Å²) in [6.07, 6.45) is 2.03. The van der Waals surface area contributed by atoms with Gasteiger partial charge < -0.3 is 16.2 Å². The van der Waals surface area contributed by atoms with Crippen LogP contribution in [0.2, 0.25) is 0 Å². The van der Waals surface area contributed by atoms with Crippen molar-refractivity contribution in [3.05, 3.63) is 35.4 Å². The number of carbonyl (C=O) groups excluding carboxylic acids is 2. The lowest BCUT2D eigenvalue weighted by atomic mass is 10.0. The molecule has 4 N–H and O–H groups in total. The van der Waals surface area contributed by atoms with E-state index in [2.05, 4.69) is 4.74 Å². The molecule has 0 aliphatic carbocycles. The standard InChI is InChI=1S/C13H18N2O3.ClH/c1-18-13(17)10-6-2-4-9(8-10)5-3-7-11(14)12(15)16;/h2,4,6,8,11H,3,5,7,14H2,1H3,(H2,15,16);1H/t11-;/m0./s1. The van der Waals surface area contributed by atoms with Crippen LogP contribution in [-0.4, -0.2) is 25.0 Å². The molecular formula is C13H19ClN2O3. The number of rotatable bonds is 6. The molecule has 0 saturated carbocycles. The number of esters is 1. The third-order valence-electron chi connectivity index (χ3n) is 2.69. The zero-order chi connectivity index (χ0) is 13.5. The second-order valence-corrected chi connectivity index (χ2v) is 4.09. The normalized spacial score (nSPS) is 11.3. The fraction of sp³-hybridized carbons (Fsp3) is 0.385. The average molecular weight is 287 g/mol. The van der Waals surface area contributed by atoms with E-state index in [0.717, 1.165) is 18.4 Å². The van der Waals surface area contributed by atoms with Gasteiger partial charge in [0.05, 0.1) is 18.7 Å². The minimum absolute atomic E-state index is 0. The zero-order valence-corrected chi connectivity index (χ0v) is 11.6. The highest BCUT2D eigenvalue weighted by Crippen LogP contribution is 2.10. The number of methoxy groups -OCH3 is 1. The van der Waals surface area contributed by atoms with Crippen molar-refractivity contribution in [3.8, 4) is 0 Å². The van der Waals surface area contributed by atoms with Gasteiger partial charge in [0, 0.05) is 0 Å². The second-order valence-electron chi connectivity index (χ2n) is 4.09. The minimum Gasteiger partial charge on any atom is -0.465 e. The first-order valence-corrected chi connectivity index (χ1v) is 5.76. The Morgan fingerprint density at radius 3 is 2.63 bits per heavy atom. The molecule has 0 fully saturated rings. The van der Waals surface area contributed by atoms with Gasteiger partial charge in [-0.05, 0) is 37.0 Å². The summed E-state index contributed by atoms with van der Waals surface area (Å²) >= 11 is 0. The molecule has 0 saturated heterocycles. The molecule has 0 heterocycles. The van der Waals surface area contributed by atoms with Crippen molar-refractivity contribution in [2.24, 2.45) is 11.5 Å². The zero-order valence-electron chi connectivity index (χ0n) is 10.8. The maximum atomic E-state index is 11.3. The largest absolute Gasteiger partial charge is 0.465 e. The SMILES string of the molecule is COC(=O)c1cccc(CCC[C@H](N)C(N)=O)c1.Cl. The van der Waals surface area contributed by atoms with E-state index in [0.29, 0.717) is 12.0 Å². The minimum atomic E-state index is -0.603. The van der Waals surface area contributed by atoms with Crippen molar-refractivity contribution in [1.29, 1.82) is 0 Å². The molecule has 0 radical (unpaired) electrons. The summed E-state index contributed by atoms with van der Waals surface area (Å²) in [6, 6.07) is 6.60. The highest BCUT2D eigenvalue weighted by molar-refractivity contribution is 5.89. The molecule has 19 heavy (non-hydrogen) atoms. The summed E-state index contributed by atoms with van der Waals surface area (Å²) in [4.78, 5) is 22.1. The molecule has 106 valence electrons. The first-order valence-electron chi connectivity index (χ1n) is 5.76. The number of amides is 1. The third kappa shape index (κ3) is 5.72. The fourth-order valence-corrected chi connectivity index (χ4v) is 1.64. The molecule has 0 bridgehead atoms. The summed E-state index contributed by atoms with van der Waals surface area (Å²) < 4.78 is 4.65. The van der Waals surface area contributed by atoms with Gasteiger partial charge >= 0.3 is 5.97 Å². The predicted molar refractivity (Wildman–Crippen MR) is 75.1 cm³/mol. The maximum absolute atomic E-state index is 11.3. The number of nitrogens with two attached hydrogens (primary N) is 2. The lowest BCUT2D eigenvalue weighted by molar-refractivity contribution is -0.119. The summed E-state index contributed by atoms with van der Waals surface area (Å²) in [5.41, 5.74) is 12.1. The average Bonchev–Trinajstić information content (AvgIpc) is 2.37. The number of halogens is 1. The monoisotopic (exact) mass is 286 g/mol. The van der Waals surface area contributed by atoms with Crippen LogP contribution in [0.25, 0.3) is 0 Å². The van der Waals surface area contributed by atoms with Gasteiger partial charge in [-0.15, -0.1) is 12.4 Å². The topological polar surface area (TPSA) is 95.4 Å². The lowest BCUT2D eigenvalue weighted by Crippen LogP contribution is -2.36. The molecule has 0 aromatic heterocycles. The van der Waals surface area contributed by atoms with E-state index in [1.54, 1.807) is 18.2 Å². The van der Waals surface area contributed by atoms with E-state index in [4.69, 9.17) is 11.5 Å². The Kier molecular flexibility index (Phi) is 7.79. The molecule has 1 amide bonds. The second kappa shape index (κ2) is 8.50. The van der Waals surface area contributed by atoms with Crippen LogP contribution in [0.5, 0.6) is 0 Å². The first-order chi connectivity index (χ1) is 8.54. The van der Waals surface area contributed by atoms with Crippen molar-refractivity contribution < 1.29 is 14.3 Å². The Morgan fingerprint density at radius 2 is 2.05 bits per heavy atom. The number of hydrogen-bond donors (Lipinski definition) is 2. The molecule has 1 rings (SSSR count). The number of aryl methyl sites for hydroxylation is 1. The number of benzene rings is 1. The summed E-state index contributed by atoms with van der Waals surface area (Å²) in [5.74, 6) is -0.844. The van der Waals surface area contributed by atoms with Gasteiger partial charge in [0.1, 0.15) is 0 Å². The van der Waals surface area contributed by atoms with Crippen LogP contribution in [0.1, 0.15) is 28.8 Å². The van der Waals surface area contributed by atoms with E-state index < -0.39 is 11.9 Å². The van der Waals surface area contributed by atoms with Gasteiger partial charge in [-0.2, -0.15) is 0 Å². The van der Waals surface area contributed by atoms with Gasteiger partial charge in [-0.3, -0.25) is 4.79 Å². The van der Waals surface area contributed by atoms with Crippen LogP contribution in [-0.2, 0) is 16.0 Å². The van der Waals surface area contributed by atoms with Gasteiger partial charge in [0.25, 0.3) is 0 Å². The van der Waals surface area contributed by atoms with E-state index in [-0.39, 0.29) is 18.4 Å². The highest BCUT2D eigenvalue weighted by atomic mass is 35.5. The Bertz CT molecular complexity index is 438. The number of hydrogen-bond acceptors (Lipinski definition) is 4. The van der Waals surface area contributed by atoms with Crippen molar-refractivity contribution in [2.75, 3.05) is 7.11 Å². The van der Waals surface area contributed by atoms with E-state index in [1.165, 1.54) is 7.11 Å². The van der Waals surface area contributed by atoms with Crippen LogP contribution in [0.15, 0.2) is 24.3 Å².